The number of benzene rings is 1. The molecule has 2 aromatic rings. The maximum absolute atomic E-state index is 13.2. The number of methoxy groups -OCH3 is 1. The third kappa shape index (κ3) is 4.82. The second-order valence-electron chi connectivity index (χ2n) is 7.36. The Bertz CT molecular complexity index is 959. The van der Waals surface area contributed by atoms with Crippen molar-refractivity contribution in [1.82, 2.24) is 14.8 Å². The quantitative estimate of drug-likeness (QED) is 0.728. The average molecular weight is 440 g/mol. The zero-order valence-corrected chi connectivity index (χ0v) is 18.4. The maximum Gasteiger partial charge on any atom is 0.236 e. The van der Waals surface area contributed by atoms with Crippen LogP contribution in [0.1, 0.15) is 6.42 Å². The van der Waals surface area contributed by atoms with Crippen LogP contribution < -0.4 is 9.64 Å². The van der Waals surface area contributed by atoms with Crippen molar-refractivity contribution in [3.8, 4) is 5.75 Å². The molecule has 2 saturated heterocycles. The first kappa shape index (κ1) is 21.2. The molecule has 2 fully saturated rings. The predicted octanol–water partition coefficient (Wildman–Crippen LogP) is 2.39. The Labute approximate surface area is 185 Å². The molecule has 0 radical (unpaired) electrons. The monoisotopic (exact) mass is 439 g/mol. The summed E-state index contributed by atoms with van der Waals surface area (Å²) in [6.45, 7) is 2.67. The molecule has 3 heterocycles. The Morgan fingerprint density at radius 2 is 1.87 bits per heavy atom. The van der Waals surface area contributed by atoms with Crippen molar-refractivity contribution in [2.45, 2.75) is 11.7 Å². The zero-order valence-electron chi connectivity index (χ0n) is 17.6. The number of aliphatic imine (C=N–C) groups is 1. The average Bonchev–Trinajstić information content (AvgIpc) is 2.82. The first-order valence-corrected chi connectivity index (χ1v) is 11.0. The van der Waals surface area contributed by atoms with E-state index in [-0.39, 0.29) is 18.2 Å². The van der Waals surface area contributed by atoms with Gasteiger partial charge in [0.2, 0.25) is 11.8 Å². The molecule has 1 atom stereocenters. The Balaban J connectivity index is 1.42. The molecule has 4 rings (SSSR count). The van der Waals surface area contributed by atoms with Gasteiger partial charge in [0.05, 0.1) is 12.8 Å². The number of pyridine rings is 1. The highest BCUT2D eigenvalue weighted by Crippen LogP contribution is 2.30. The van der Waals surface area contributed by atoms with Crippen LogP contribution >= 0.6 is 11.8 Å². The van der Waals surface area contributed by atoms with Gasteiger partial charge in [-0.15, -0.1) is 0 Å². The Morgan fingerprint density at radius 3 is 2.52 bits per heavy atom. The van der Waals surface area contributed by atoms with E-state index in [4.69, 9.17) is 4.74 Å². The van der Waals surface area contributed by atoms with Crippen molar-refractivity contribution >= 4 is 40.2 Å². The normalized spacial score (nSPS) is 20.8. The summed E-state index contributed by atoms with van der Waals surface area (Å²) in [5.74, 6) is 1.56. The number of nitrogens with zero attached hydrogens (tertiary/aromatic N) is 5. The number of amidine groups is 1. The molecular weight excluding hydrogens is 414 g/mol. The van der Waals surface area contributed by atoms with Crippen molar-refractivity contribution in [1.29, 1.82) is 0 Å². The predicted molar refractivity (Wildman–Crippen MR) is 122 cm³/mol. The van der Waals surface area contributed by atoms with Crippen molar-refractivity contribution in [3.63, 3.8) is 0 Å². The smallest absolute Gasteiger partial charge is 0.236 e. The maximum atomic E-state index is 13.2. The lowest BCUT2D eigenvalue weighted by Gasteiger charge is -2.38. The molecule has 162 valence electrons. The molecule has 2 aliphatic rings. The Morgan fingerprint density at radius 1 is 1.13 bits per heavy atom. The van der Waals surface area contributed by atoms with E-state index in [0.717, 1.165) is 24.7 Å². The van der Waals surface area contributed by atoms with Crippen LogP contribution in [0, 0.1) is 0 Å². The van der Waals surface area contributed by atoms with E-state index < -0.39 is 5.25 Å². The topological polar surface area (TPSA) is 78.3 Å². The third-order valence-corrected chi connectivity index (χ3v) is 6.63. The standard InChI is InChI=1S/C22H25N5O3S/c1-25-20(28)15-18(31-22(25)24-16-6-8-17(30-2)9-7-16)21(29)27-13-11-26(12-14-27)19-5-3-4-10-23-19/h3-10,18H,11-15H2,1-2H3/t18-/m0/s1. The molecule has 0 saturated carbocycles. The highest BCUT2D eigenvalue weighted by Gasteiger charge is 2.37. The third-order valence-electron chi connectivity index (χ3n) is 5.41. The van der Waals surface area contributed by atoms with Gasteiger partial charge in [0.15, 0.2) is 5.17 Å². The number of hydrogen-bond donors (Lipinski definition) is 0. The number of ether oxygens (including phenoxy) is 1. The highest BCUT2D eigenvalue weighted by atomic mass is 32.2. The summed E-state index contributed by atoms with van der Waals surface area (Å²) in [7, 11) is 3.31. The van der Waals surface area contributed by atoms with E-state index in [0.29, 0.717) is 23.9 Å². The second-order valence-corrected chi connectivity index (χ2v) is 8.53. The fourth-order valence-corrected chi connectivity index (χ4v) is 4.71. The lowest BCUT2D eigenvalue weighted by Crippen LogP contribution is -2.53. The number of rotatable bonds is 4. The van der Waals surface area contributed by atoms with Gasteiger partial charge in [-0.3, -0.25) is 14.5 Å². The molecule has 0 aliphatic carbocycles. The molecule has 31 heavy (non-hydrogen) atoms. The van der Waals surface area contributed by atoms with E-state index in [2.05, 4.69) is 14.9 Å². The van der Waals surface area contributed by atoms with Crippen LogP contribution in [0.2, 0.25) is 0 Å². The Kier molecular flexibility index (Phi) is 6.41. The SMILES string of the molecule is COc1ccc(N=C2S[C@H](C(=O)N3CCN(c4ccccn4)CC3)CC(=O)N2C)cc1. The van der Waals surface area contributed by atoms with Crippen LogP contribution in [0.25, 0.3) is 0 Å². The number of amides is 2. The van der Waals surface area contributed by atoms with Crippen LogP contribution in [-0.2, 0) is 9.59 Å². The van der Waals surface area contributed by atoms with Gasteiger partial charge in [-0.1, -0.05) is 17.8 Å². The van der Waals surface area contributed by atoms with Gasteiger partial charge >= 0.3 is 0 Å². The molecule has 2 amide bonds. The fourth-order valence-electron chi connectivity index (χ4n) is 3.56. The molecule has 0 unspecified atom stereocenters. The van der Waals surface area contributed by atoms with E-state index in [1.54, 1.807) is 20.4 Å². The largest absolute Gasteiger partial charge is 0.497 e. The molecule has 8 nitrogen and oxygen atoms in total. The molecule has 0 N–H and O–H groups in total. The highest BCUT2D eigenvalue weighted by molar-refractivity contribution is 8.15. The molecule has 9 heteroatoms. The fraction of sp³-hybridized carbons (Fsp3) is 0.364. The number of piperazine rings is 1. The van der Waals surface area contributed by atoms with E-state index in [1.807, 2.05) is 47.4 Å². The summed E-state index contributed by atoms with van der Waals surface area (Å²) < 4.78 is 5.17. The van der Waals surface area contributed by atoms with E-state index >= 15 is 0 Å². The van der Waals surface area contributed by atoms with Crippen molar-refractivity contribution in [2.75, 3.05) is 45.2 Å². The van der Waals surface area contributed by atoms with Crippen molar-refractivity contribution in [3.05, 3.63) is 48.7 Å². The van der Waals surface area contributed by atoms with E-state index in [1.165, 1.54) is 16.7 Å². The molecule has 0 bridgehead atoms. The summed E-state index contributed by atoms with van der Waals surface area (Å²) in [5.41, 5.74) is 0.708. The van der Waals surface area contributed by atoms with E-state index in [9.17, 15) is 9.59 Å². The number of hydrogen-bond acceptors (Lipinski definition) is 7. The number of anilines is 1. The molecule has 0 spiro atoms. The Hall–Kier alpha value is -3.07. The first-order valence-electron chi connectivity index (χ1n) is 10.2. The number of thioether (sulfide) groups is 1. The van der Waals surface area contributed by atoms with Gasteiger partial charge in [-0.2, -0.15) is 0 Å². The summed E-state index contributed by atoms with van der Waals surface area (Å²) in [6.07, 6.45) is 1.96. The van der Waals surface area contributed by atoms with Crippen molar-refractivity contribution in [2.24, 2.45) is 4.99 Å². The minimum absolute atomic E-state index is 0.00504. The van der Waals surface area contributed by atoms with Crippen molar-refractivity contribution < 1.29 is 14.3 Å². The molecule has 1 aromatic carbocycles. The minimum atomic E-state index is -0.456. The molecule has 1 aromatic heterocycles. The number of aromatic nitrogens is 1. The van der Waals surface area contributed by atoms with Gasteiger partial charge in [0.25, 0.3) is 0 Å². The lowest BCUT2D eigenvalue weighted by atomic mass is 10.2. The van der Waals surface area contributed by atoms with Crippen LogP contribution in [-0.4, -0.2) is 77.4 Å². The van der Waals surface area contributed by atoms with Gasteiger partial charge in [-0.25, -0.2) is 9.98 Å². The van der Waals surface area contributed by atoms with Crippen LogP contribution in [0.3, 0.4) is 0 Å². The van der Waals surface area contributed by atoms with Crippen LogP contribution in [0.15, 0.2) is 53.7 Å². The molecular formula is C22H25N5O3S. The number of carbonyl (C=O) groups excluding carboxylic acids is 2. The summed E-state index contributed by atoms with van der Waals surface area (Å²) >= 11 is 1.35. The van der Waals surface area contributed by atoms with Gasteiger partial charge < -0.3 is 14.5 Å². The zero-order chi connectivity index (χ0) is 21.8. The summed E-state index contributed by atoms with van der Waals surface area (Å²) in [4.78, 5) is 40.2. The van der Waals surface area contributed by atoms with Gasteiger partial charge in [0.1, 0.15) is 16.8 Å². The van der Waals surface area contributed by atoms with Gasteiger partial charge in [-0.05, 0) is 36.4 Å². The summed E-state index contributed by atoms with van der Waals surface area (Å²) in [6, 6.07) is 13.1. The first-order chi connectivity index (χ1) is 15.0. The summed E-state index contributed by atoms with van der Waals surface area (Å²) in [5, 5.41) is 0.0778. The number of carbonyl (C=O) groups is 2. The van der Waals surface area contributed by atoms with Crippen LogP contribution in [0.4, 0.5) is 11.5 Å². The van der Waals surface area contributed by atoms with Crippen LogP contribution in [0.5, 0.6) is 5.75 Å². The molecule has 2 aliphatic heterocycles. The van der Waals surface area contributed by atoms with Gasteiger partial charge in [0, 0.05) is 45.8 Å². The minimum Gasteiger partial charge on any atom is -0.497 e. The lowest BCUT2D eigenvalue weighted by molar-refractivity contribution is -0.134. The second kappa shape index (κ2) is 9.38.